The molecule has 2 aromatic carbocycles. The number of pyridine rings is 1. The van der Waals surface area contributed by atoms with Gasteiger partial charge >= 0.3 is 0 Å². The van der Waals surface area contributed by atoms with Crippen LogP contribution in [0.15, 0.2) is 47.3 Å². The molecule has 1 aliphatic rings. The van der Waals surface area contributed by atoms with E-state index in [0.717, 1.165) is 35.8 Å². The molecule has 0 aliphatic heterocycles. The SMILES string of the molecule is O=C(Nc1ccc2c3c(c(=O)[nH]c2c1)CCC3)c1cccc(F)c1. The van der Waals surface area contributed by atoms with Crippen LogP contribution in [0.2, 0.25) is 0 Å². The molecule has 24 heavy (non-hydrogen) atoms. The van der Waals surface area contributed by atoms with Crippen LogP contribution < -0.4 is 10.9 Å². The van der Waals surface area contributed by atoms with Crippen molar-refractivity contribution >= 4 is 22.5 Å². The van der Waals surface area contributed by atoms with Crippen LogP contribution in [0.5, 0.6) is 0 Å². The van der Waals surface area contributed by atoms with E-state index in [4.69, 9.17) is 0 Å². The van der Waals surface area contributed by atoms with E-state index in [-0.39, 0.29) is 11.1 Å². The molecule has 4 nitrogen and oxygen atoms in total. The molecular weight excluding hydrogens is 307 g/mol. The van der Waals surface area contributed by atoms with Crippen molar-refractivity contribution in [3.05, 3.63) is 75.3 Å². The first-order valence-corrected chi connectivity index (χ1v) is 7.86. The predicted octanol–water partition coefficient (Wildman–Crippen LogP) is 3.41. The van der Waals surface area contributed by atoms with E-state index < -0.39 is 11.7 Å². The van der Waals surface area contributed by atoms with Gasteiger partial charge in [0.2, 0.25) is 0 Å². The van der Waals surface area contributed by atoms with Gasteiger partial charge in [-0.25, -0.2) is 4.39 Å². The van der Waals surface area contributed by atoms with Gasteiger partial charge in [0, 0.05) is 22.2 Å². The highest BCUT2D eigenvalue weighted by atomic mass is 19.1. The summed E-state index contributed by atoms with van der Waals surface area (Å²) in [4.78, 5) is 27.2. The third kappa shape index (κ3) is 2.48. The van der Waals surface area contributed by atoms with Crippen LogP contribution in [0, 0.1) is 5.82 Å². The molecule has 1 aromatic heterocycles. The van der Waals surface area contributed by atoms with Crippen LogP contribution in [0.3, 0.4) is 0 Å². The van der Waals surface area contributed by atoms with Crippen LogP contribution in [-0.2, 0) is 12.8 Å². The maximum absolute atomic E-state index is 13.2. The van der Waals surface area contributed by atoms with Crippen molar-refractivity contribution in [2.24, 2.45) is 0 Å². The predicted molar refractivity (Wildman–Crippen MR) is 90.9 cm³/mol. The van der Waals surface area contributed by atoms with E-state index in [1.807, 2.05) is 6.07 Å². The average Bonchev–Trinajstić information content (AvgIpc) is 3.05. The second-order valence-corrected chi connectivity index (χ2v) is 5.99. The van der Waals surface area contributed by atoms with Crippen molar-refractivity contribution in [2.45, 2.75) is 19.3 Å². The summed E-state index contributed by atoms with van der Waals surface area (Å²) >= 11 is 0. The fourth-order valence-electron chi connectivity index (χ4n) is 3.31. The lowest BCUT2D eigenvalue weighted by molar-refractivity contribution is 0.102. The number of anilines is 1. The van der Waals surface area contributed by atoms with Crippen LogP contribution in [0.1, 0.15) is 27.9 Å². The monoisotopic (exact) mass is 322 g/mol. The first kappa shape index (κ1) is 14.6. The minimum atomic E-state index is -0.457. The van der Waals surface area contributed by atoms with Crippen molar-refractivity contribution in [1.29, 1.82) is 0 Å². The van der Waals surface area contributed by atoms with Gasteiger partial charge < -0.3 is 10.3 Å². The van der Waals surface area contributed by atoms with Gasteiger partial charge in [-0.1, -0.05) is 12.1 Å². The Morgan fingerprint density at radius 1 is 1.08 bits per heavy atom. The van der Waals surface area contributed by atoms with Crippen LogP contribution in [0.25, 0.3) is 10.9 Å². The van der Waals surface area contributed by atoms with Gasteiger partial charge in [0.05, 0.1) is 5.52 Å². The number of rotatable bonds is 2. The summed E-state index contributed by atoms with van der Waals surface area (Å²) in [5, 5.41) is 3.76. The lowest BCUT2D eigenvalue weighted by atomic mass is 10.1. The third-order valence-electron chi connectivity index (χ3n) is 4.43. The van der Waals surface area contributed by atoms with Gasteiger partial charge in [-0.05, 0) is 55.2 Å². The number of aryl methyl sites for hydroxylation is 1. The number of amides is 1. The van der Waals surface area contributed by atoms with Gasteiger partial charge in [-0.3, -0.25) is 9.59 Å². The number of nitrogens with one attached hydrogen (secondary N) is 2. The number of aromatic nitrogens is 1. The number of fused-ring (bicyclic) bond motifs is 3. The molecule has 0 atom stereocenters. The quantitative estimate of drug-likeness (QED) is 0.759. The molecule has 0 bridgehead atoms. The molecule has 0 saturated heterocycles. The first-order valence-electron chi connectivity index (χ1n) is 7.86. The third-order valence-corrected chi connectivity index (χ3v) is 4.43. The zero-order valence-electron chi connectivity index (χ0n) is 12.9. The highest BCUT2D eigenvalue weighted by Gasteiger charge is 2.18. The van der Waals surface area contributed by atoms with Crippen molar-refractivity contribution in [2.75, 3.05) is 5.32 Å². The zero-order valence-corrected chi connectivity index (χ0v) is 12.9. The van der Waals surface area contributed by atoms with E-state index in [1.165, 1.54) is 18.2 Å². The Hall–Kier alpha value is -2.95. The number of carbonyl (C=O) groups is 1. The van der Waals surface area contributed by atoms with Gasteiger partial charge in [-0.15, -0.1) is 0 Å². The molecule has 3 aromatic rings. The second-order valence-electron chi connectivity index (χ2n) is 5.99. The highest BCUT2D eigenvalue weighted by Crippen LogP contribution is 2.27. The Labute approximate surface area is 137 Å². The fourth-order valence-corrected chi connectivity index (χ4v) is 3.31. The van der Waals surface area contributed by atoms with E-state index in [0.29, 0.717) is 11.2 Å². The van der Waals surface area contributed by atoms with E-state index in [1.54, 1.807) is 18.2 Å². The minimum absolute atomic E-state index is 0.0522. The lowest BCUT2D eigenvalue weighted by Crippen LogP contribution is -2.14. The maximum Gasteiger partial charge on any atom is 0.255 e. The molecule has 0 unspecified atom stereocenters. The van der Waals surface area contributed by atoms with Crippen molar-refractivity contribution in [3.8, 4) is 0 Å². The number of H-pyrrole nitrogens is 1. The van der Waals surface area contributed by atoms with Crippen LogP contribution in [0.4, 0.5) is 10.1 Å². The van der Waals surface area contributed by atoms with Crippen molar-refractivity contribution < 1.29 is 9.18 Å². The standard InChI is InChI=1S/C19H15FN2O2/c20-12-4-1-3-11(9-12)18(23)21-13-7-8-15-14-5-2-6-16(14)19(24)22-17(15)10-13/h1,3-4,7-10H,2,5-6H2,(H,21,23)(H,22,24). The van der Waals surface area contributed by atoms with Gasteiger partial charge in [0.25, 0.3) is 11.5 Å². The molecule has 0 fully saturated rings. The van der Waals surface area contributed by atoms with E-state index >= 15 is 0 Å². The molecule has 0 radical (unpaired) electrons. The van der Waals surface area contributed by atoms with Gasteiger partial charge in [0.1, 0.15) is 5.82 Å². The Morgan fingerprint density at radius 3 is 2.75 bits per heavy atom. The van der Waals surface area contributed by atoms with Crippen molar-refractivity contribution in [3.63, 3.8) is 0 Å². The van der Waals surface area contributed by atoms with E-state index in [9.17, 15) is 14.0 Å². The number of aromatic amines is 1. The summed E-state index contributed by atoms with van der Waals surface area (Å²) in [6.07, 6.45) is 2.72. The zero-order chi connectivity index (χ0) is 16.7. The minimum Gasteiger partial charge on any atom is -0.322 e. The number of carbonyl (C=O) groups excluding carboxylic acids is 1. The molecule has 4 rings (SSSR count). The first-order chi connectivity index (χ1) is 11.6. The van der Waals surface area contributed by atoms with Gasteiger partial charge in [-0.2, -0.15) is 0 Å². The molecule has 5 heteroatoms. The van der Waals surface area contributed by atoms with Gasteiger partial charge in [0.15, 0.2) is 0 Å². The largest absolute Gasteiger partial charge is 0.322 e. The summed E-state index contributed by atoms with van der Waals surface area (Å²) < 4.78 is 13.2. The molecule has 1 amide bonds. The summed E-state index contributed by atoms with van der Waals surface area (Å²) in [5.41, 5.74) is 3.44. The smallest absolute Gasteiger partial charge is 0.255 e. The Kier molecular flexibility index (Phi) is 3.41. The molecule has 0 spiro atoms. The van der Waals surface area contributed by atoms with Crippen LogP contribution in [-0.4, -0.2) is 10.9 Å². The normalized spacial score (nSPS) is 13.0. The summed E-state index contributed by atoms with van der Waals surface area (Å²) in [6, 6.07) is 11.0. The van der Waals surface area contributed by atoms with Crippen LogP contribution >= 0.6 is 0 Å². The molecule has 120 valence electrons. The highest BCUT2D eigenvalue weighted by molar-refractivity contribution is 6.05. The maximum atomic E-state index is 13.2. The lowest BCUT2D eigenvalue weighted by Gasteiger charge is -2.09. The average molecular weight is 322 g/mol. The number of hydrogen-bond acceptors (Lipinski definition) is 2. The summed E-state index contributed by atoms with van der Waals surface area (Å²) in [6.45, 7) is 0. The van der Waals surface area contributed by atoms with E-state index in [2.05, 4.69) is 10.3 Å². The Bertz CT molecular complexity index is 1020. The molecule has 1 heterocycles. The molecule has 1 aliphatic carbocycles. The molecule has 2 N–H and O–H groups in total. The number of halogens is 1. The summed E-state index contributed by atoms with van der Waals surface area (Å²) in [5.74, 6) is -0.849. The molecular formula is C19H15FN2O2. The number of benzene rings is 2. The fraction of sp³-hybridized carbons (Fsp3) is 0.158. The Morgan fingerprint density at radius 2 is 1.92 bits per heavy atom. The number of hydrogen-bond donors (Lipinski definition) is 2. The topological polar surface area (TPSA) is 62.0 Å². The molecule has 0 saturated carbocycles. The summed E-state index contributed by atoms with van der Waals surface area (Å²) in [7, 11) is 0. The van der Waals surface area contributed by atoms with Crippen molar-refractivity contribution in [1.82, 2.24) is 4.98 Å². The Balaban J connectivity index is 1.70. The second kappa shape index (κ2) is 5.60.